The molecule has 0 aliphatic heterocycles. The van der Waals surface area contributed by atoms with Gasteiger partial charge in [-0.2, -0.15) is 15.2 Å². The Balaban J connectivity index is 1.33. The third-order valence-electron chi connectivity index (χ3n) is 8.54. The third kappa shape index (κ3) is 4.00. The zero-order chi connectivity index (χ0) is 30.6. The summed E-state index contributed by atoms with van der Waals surface area (Å²) in [5.41, 5.74) is 7.67. The summed E-state index contributed by atoms with van der Waals surface area (Å²) in [6.07, 6.45) is 0. The molecular weight excluding hydrogens is 566 g/mol. The molecule has 0 radical (unpaired) electrons. The molecule has 0 aliphatic carbocycles. The molecule has 6 heteroatoms. The van der Waals surface area contributed by atoms with Gasteiger partial charge in [-0.3, -0.25) is 4.57 Å². The lowest BCUT2D eigenvalue weighted by atomic mass is 10.0. The molecule has 214 valence electrons. The molecule has 0 N–H and O–H groups in total. The van der Waals surface area contributed by atoms with Crippen molar-refractivity contribution < 1.29 is 4.42 Å². The van der Waals surface area contributed by atoms with Gasteiger partial charge in [0.2, 0.25) is 5.95 Å². The maximum Gasteiger partial charge on any atom is 0.238 e. The van der Waals surface area contributed by atoms with Gasteiger partial charge < -0.3 is 4.42 Å². The number of nitriles is 1. The fourth-order valence-corrected chi connectivity index (χ4v) is 6.42. The molecule has 9 rings (SSSR count). The summed E-state index contributed by atoms with van der Waals surface area (Å²) in [6.45, 7) is 0. The van der Waals surface area contributed by atoms with Gasteiger partial charge in [-0.05, 0) is 35.4 Å². The molecule has 0 spiro atoms. The Kier molecular flexibility index (Phi) is 5.77. The van der Waals surface area contributed by atoms with Gasteiger partial charge in [-0.15, -0.1) is 0 Å². The number of furan rings is 1. The average molecular weight is 590 g/mol. The predicted molar refractivity (Wildman–Crippen MR) is 182 cm³/mol. The van der Waals surface area contributed by atoms with Gasteiger partial charge in [0.1, 0.15) is 11.7 Å². The summed E-state index contributed by atoms with van der Waals surface area (Å²) in [4.78, 5) is 15.3. The van der Waals surface area contributed by atoms with Crippen molar-refractivity contribution in [2.75, 3.05) is 0 Å². The van der Waals surface area contributed by atoms with Crippen molar-refractivity contribution in [3.8, 4) is 45.9 Å². The van der Waals surface area contributed by atoms with Crippen molar-refractivity contribution in [3.05, 3.63) is 145 Å². The lowest BCUT2D eigenvalue weighted by Gasteiger charge is -2.12. The molecule has 0 saturated carbocycles. The fraction of sp³-hybridized carbons (Fsp3) is 0. The van der Waals surface area contributed by atoms with E-state index >= 15 is 0 Å². The lowest BCUT2D eigenvalue weighted by molar-refractivity contribution is 0.667. The van der Waals surface area contributed by atoms with Gasteiger partial charge in [-0.25, -0.2) is 4.98 Å². The van der Waals surface area contributed by atoms with E-state index in [4.69, 9.17) is 19.4 Å². The molecular formula is C40H23N5O. The van der Waals surface area contributed by atoms with Crippen LogP contribution in [0.5, 0.6) is 0 Å². The highest BCUT2D eigenvalue weighted by Gasteiger charge is 2.21. The highest BCUT2D eigenvalue weighted by Crippen LogP contribution is 2.38. The normalized spacial score (nSPS) is 11.5. The van der Waals surface area contributed by atoms with Gasteiger partial charge in [0.25, 0.3) is 0 Å². The van der Waals surface area contributed by atoms with Gasteiger partial charge in [0.15, 0.2) is 17.2 Å². The maximum absolute atomic E-state index is 9.77. The number of hydrogen-bond acceptors (Lipinski definition) is 5. The van der Waals surface area contributed by atoms with E-state index in [1.54, 1.807) is 6.07 Å². The highest BCUT2D eigenvalue weighted by atomic mass is 16.3. The second kappa shape index (κ2) is 10.3. The smallest absolute Gasteiger partial charge is 0.238 e. The first-order valence-electron chi connectivity index (χ1n) is 15.0. The average Bonchev–Trinajstić information content (AvgIpc) is 3.68. The van der Waals surface area contributed by atoms with Gasteiger partial charge in [0, 0.05) is 32.7 Å². The quantitative estimate of drug-likeness (QED) is 0.204. The van der Waals surface area contributed by atoms with Crippen LogP contribution in [0.3, 0.4) is 0 Å². The number of benzene rings is 6. The second-order valence-electron chi connectivity index (χ2n) is 11.2. The maximum atomic E-state index is 9.77. The van der Waals surface area contributed by atoms with Crippen LogP contribution < -0.4 is 0 Å². The van der Waals surface area contributed by atoms with Crippen molar-refractivity contribution in [2.45, 2.75) is 0 Å². The minimum atomic E-state index is 0.487. The van der Waals surface area contributed by atoms with E-state index in [-0.39, 0.29) is 0 Å². The summed E-state index contributed by atoms with van der Waals surface area (Å²) < 4.78 is 8.34. The Morgan fingerprint density at radius 3 is 1.87 bits per heavy atom. The summed E-state index contributed by atoms with van der Waals surface area (Å²) in [6, 6.07) is 49.0. The molecule has 0 unspecified atom stereocenters. The van der Waals surface area contributed by atoms with Crippen molar-refractivity contribution in [1.29, 1.82) is 5.26 Å². The first-order chi connectivity index (χ1) is 22.8. The molecule has 0 aliphatic rings. The van der Waals surface area contributed by atoms with E-state index in [0.29, 0.717) is 34.3 Å². The Bertz CT molecular complexity index is 2590. The van der Waals surface area contributed by atoms with Crippen molar-refractivity contribution >= 4 is 43.7 Å². The lowest BCUT2D eigenvalue weighted by Crippen LogP contribution is -2.06. The van der Waals surface area contributed by atoms with Gasteiger partial charge in [0.05, 0.1) is 16.6 Å². The third-order valence-corrected chi connectivity index (χ3v) is 8.54. The van der Waals surface area contributed by atoms with Crippen molar-refractivity contribution in [3.63, 3.8) is 0 Å². The van der Waals surface area contributed by atoms with E-state index in [9.17, 15) is 5.26 Å². The number of nitrogens with zero attached hydrogens (tertiary/aromatic N) is 5. The minimum absolute atomic E-state index is 0.487. The van der Waals surface area contributed by atoms with E-state index < -0.39 is 0 Å². The molecule has 9 aromatic rings. The number of fused-ring (bicyclic) bond motifs is 6. The van der Waals surface area contributed by atoms with Crippen molar-refractivity contribution in [2.24, 2.45) is 0 Å². The van der Waals surface area contributed by atoms with Crippen LogP contribution in [0, 0.1) is 11.3 Å². The van der Waals surface area contributed by atoms with E-state index in [1.807, 2.05) is 60.7 Å². The molecule has 0 saturated heterocycles. The van der Waals surface area contributed by atoms with Crippen LogP contribution in [0.2, 0.25) is 0 Å². The van der Waals surface area contributed by atoms with Crippen LogP contribution in [0.4, 0.5) is 0 Å². The SMILES string of the molecule is N#Cc1cccc2c1oc1cccc(-c3nc(-c4ccc(-c5ccccc5)cc4)nc(-n4c5ccccc5c5ccccc54)n3)c12. The van der Waals surface area contributed by atoms with Gasteiger partial charge >= 0.3 is 0 Å². The first kappa shape index (κ1) is 25.9. The summed E-state index contributed by atoms with van der Waals surface area (Å²) >= 11 is 0. The standard InChI is InChI=1S/C40H23N5O/c41-24-28-12-8-15-31-36-32(16-9-19-35(36)46-37(28)31)39-42-38(27-22-20-26(21-23-27)25-10-2-1-3-11-25)43-40(44-39)45-33-17-6-4-13-29(33)30-14-5-7-18-34(30)45/h1-23H. The molecule has 0 atom stereocenters. The van der Waals surface area contributed by atoms with Crippen LogP contribution >= 0.6 is 0 Å². The zero-order valence-corrected chi connectivity index (χ0v) is 24.4. The number of rotatable bonds is 4. The molecule has 0 amide bonds. The Morgan fingerprint density at radius 1 is 0.522 bits per heavy atom. The summed E-state index contributed by atoms with van der Waals surface area (Å²) in [7, 11) is 0. The van der Waals surface area contributed by atoms with Crippen LogP contribution in [0.15, 0.2) is 144 Å². The summed E-state index contributed by atoms with van der Waals surface area (Å²) in [5.74, 6) is 1.60. The largest absolute Gasteiger partial charge is 0.455 e. The molecule has 3 aromatic heterocycles. The zero-order valence-electron chi connectivity index (χ0n) is 24.4. The molecule has 46 heavy (non-hydrogen) atoms. The molecule has 6 aromatic carbocycles. The number of hydrogen-bond donors (Lipinski definition) is 0. The van der Waals surface area contributed by atoms with Crippen LogP contribution in [-0.2, 0) is 0 Å². The second-order valence-corrected chi connectivity index (χ2v) is 11.2. The van der Waals surface area contributed by atoms with E-state index in [2.05, 4.69) is 83.4 Å². The predicted octanol–water partition coefficient (Wildman–Crippen LogP) is 9.74. The Labute approximate surface area is 263 Å². The van der Waals surface area contributed by atoms with E-state index in [1.165, 1.54) is 0 Å². The van der Waals surface area contributed by atoms with Gasteiger partial charge in [-0.1, -0.05) is 115 Å². The van der Waals surface area contributed by atoms with Crippen LogP contribution in [-0.4, -0.2) is 19.5 Å². The topological polar surface area (TPSA) is 80.5 Å². The number of para-hydroxylation sites is 3. The molecule has 3 heterocycles. The fourth-order valence-electron chi connectivity index (χ4n) is 6.42. The van der Waals surface area contributed by atoms with E-state index in [0.717, 1.165) is 54.8 Å². The van der Waals surface area contributed by atoms with Crippen LogP contribution in [0.25, 0.3) is 83.6 Å². The molecule has 0 fully saturated rings. The summed E-state index contributed by atoms with van der Waals surface area (Å²) in [5, 5.41) is 13.7. The number of aromatic nitrogens is 4. The first-order valence-corrected chi connectivity index (χ1v) is 15.0. The minimum Gasteiger partial charge on any atom is -0.455 e. The Morgan fingerprint density at radius 2 is 1.13 bits per heavy atom. The Hall–Kier alpha value is -6.58. The highest BCUT2D eigenvalue weighted by molar-refractivity contribution is 6.13. The van der Waals surface area contributed by atoms with Crippen molar-refractivity contribution in [1.82, 2.24) is 19.5 Å². The molecule has 0 bridgehead atoms. The monoisotopic (exact) mass is 589 g/mol. The molecule has 6 nitrogen and oxygen atoms in total. The van der Waals surface area contributed by atoms with Crippen LogP contribution in [0.1, 0.15) is 5.56 Å².